The molecule has 1 nitrogen and oxygen atoms in total. The third-order valence-electron chi connectivity index (χ3n) is 5.91. The molecule has 1 aromatic carbocycles. The van der Waals surface area contributed by atoms with Gasteiger partial charge in [-0.25, -0.2) is 4.39 Å². The number of halogens is 4. The summed E-state index contributed by atoms with van der Waals surface area (Å²) < 4.78 is 58.5. The van der Waals surface area contributed by atoms with E-state index in [9.17, 15) is 17.6 Å². The molecule has 1 heterocycles. The molecule has 150 valence electrons. The quantitative estimate of drug-likeness (QED) is 0.494. The molecule has 3 rings (SSSR count). The van der Waals surface area contributed by atoms with Crippen LogP contribution in [0.1, 0.15) is 56.9 Å². The highest BCUT2D eigenvalue weighted by molar-refractivity contribution is 8.00. The molecule has 1 unspecified atom stereocenters. The zero-order chi connectivity index (χ0) is 19.4. The maximum Gasteiger partial charge on any atom is 0.267 e. The molecule has 0 bridgehead atoms. The van der Waals surface area contributed by atoms with Crippen molar-refractivity contribution in [2.75, 3.05) is 12.4 Å². The Bertz CT molecular complexity index is 658. The standard InChI is InChI=1S/C21H26F4OS/c1-2-26-18-10-9-17(20(24)21(18)25)14-5-3-13(4-6-14)15-7-8-16(27-12-15)11-19(22)23/h9-11,13-16H,2-8,12H2,1H3/t13?,14?,15-,16?/m1/s1. The highest BCUT2D eigenvalue weighted by Gasteiger charge is 2.32. The molecule has 6 heteroatoms. The van der Waals surface area contributed by atoms with Gasteiger partial charge in [0, 0.05) is 5.25 Å². The fourth-order valence-electron chi connectivity index (χ4n) is 4.47. The summed E-state index contributed by atoms with van der Waals surface area (Å²) in [5, 5.41) is -0.0662. The van der Waals surface area contributed by atoms with Crippen LogP contribution in [-0.2, 0) is 0 Å². The summed E-state index contributed by atoms with van der Waals surface area (Å²) in [4.78, 5) is 0. The van der Waals surface area contributed by atoms with E-state index in [-0.39, 0.29) is 16.9 Å². The highest BCUT2D eigenvalue weighted by atomic mass is 32.2. The zero-order valence-corrected chi connectivity index (χ0v) is 16.3. The van der Waals surface area contributed by atoms with Crippen molar-refractivity contribution in [1.29, 1.82) is 0 Å². The van der Waals surface area contributed by atoms with Crippen molar-refractivity contribution in [3.8, 4) is 5.75 Å². The lowest BCUT2D eigenvalue weighted by atomic mass is 9.73. The molecule has 1 saturated carbocycles. The molecule has 27 heavy (non-hydrogen) atoms. The summed E-state index contributed by atoms with van der Waals surface area (Å²) in [6.45, 7) is 2.04. The third kappa shape index (κ3) is 5.01. The minimum absolute atomic E-state index is 0.0278. The van der Waals surface area contributed by atoms with Crippen molar-refractivity contribution >= 4 is 11.8 Å². The first-order chi connectivity index (χ1) is 13.0. The summed E-state index contributed by atoms with van der Waals surface area (Å²) >= 11 is 1.62. The zero-order valence-electron chi connectivity index (χ0n) is 15.5. The molecular weight excluding hydrogens is 376 g/mol. The highest BCUT2D eigenvalue weighted by Crippen LogP contribution is 2.44. The predicted octanol–water partition coefficient (Wildman–Crippen LogP) is 6.93. The summed E-state index contributed by atoms with van der Waals surface area (Å²) in [6.07, 6.45) is 4.92. The Labute approximate surface area is 162 Å². The number of hydrogen-bond donors (Lipinski definition) is 0. The first-order valence-electron chi connectivity index (χ1n) is 9.74. The van der Waals surface area contributed by atoms with Crippen LogP contribution in [-0.4, -0.2) is 17.6 Å². The van der Waals surface area contributed by atoms with Crippen LogP contribution in [0.4, 0.5) is 17.6 Å². The van der Waals surface area contributed by atoms with E-state index in [1.165, 1.54) is 6.07 Å². The molecule has 2 atom stereocenters. The molecule has 0 amide bonds. The van der Waals surface area contributed by atoms with Gasteiger partial charge in [0.15, 0.2) is 11.6 Å². The summed E-state index contributed by atoms with van der Waals surface area (Å²) in [5.41, 5.74) is 0.455. The van der Waals surface area contributed by atoms with Gasteiger partial charge in [-0.3, -0.25) is 0 Å². The van der Waals surface area contributed by atoms with Crippen molar-refractivity contribution < 1.29 is 22.3 Å². The Morgan fingerprint density at radius 2 is 1.74 bits per heavy atom. The number of rotatable bonds is 5. The number of ether oxygens (including phenoxy) is 1. The van der Waals surface area contributed by atoms with Gasteiger partial charge in [-0.2, -0.15) is 24.9 Å². The van der Waals surface area contributed by atoms with Gasteiger partial charge < -0.3 is 4.74 Å². The van der Waals surface area contributed by atoms with Gasteiger partial charge in [0.1, 0.15) is 0 Å². The predicted molar refractivity (Wildman–Crippen MR) is 101 cm³/mol. The van der Waals surface area contributed by atoms with Crippen molar-refractivity contribution in [3.63, 3.8) is 0 Å². The molecule has 0 aromatic heterocycles. The van der Waals surface area contributed by atoms with E-state index in [0.29, 0.717) is 24.0 Å². The summed E-state index contributed by atoms with van der Waals surface area (Å²) in [6, 6.07) is 3.19. The normalized spacial score (nSPS) is 28.6. The molecule has 0 spiro atoms. The van der Waals surface area contributed by atoms with Crippen LogP contribution in [0.5, 0.6) is 5.75 Å². The van der Waals surface area contributed by atoms with Crippen molar-refractivity contribution in [2.24, 2.45) is 11.8 Å². The van der Waals surface area contributed by atoms with E-state index in [1.54, 1.807) is 24.8 Å². The van der Waals surface area contributed by atoms with E-state index in [0.717, 1.165) is 50.4 Å². The minimum Gasteiger partial charge on any atom is -0.491 e. The number of benzene rings is 1. The Balaban J connectivity index is 1.55. The van der Waals surface area contributed by atoms with Crippen molar-refractivity contribution in [3.05, 3.63) is 41.5 Å². The molecule has 0 radical (unpaired) electrons. The average Bonchev–Trinajstić information content (AvgIpc) is 2.66. The maximum absolute atomic E-state index is 14.4. The fourth-order valence-corrected chi connectivity index (χ4v) is 5.90. The van der Waals surface area contributed by atoms with Crippen LogP contribution in [0, 0.1) is 23.5 Å². The largest absolute Gasteiger partial charge is 0.491 e. The van der Waals surface area contributed by atoms with Gasteiger partial charge in [-0.05, 0) is 86.7 Å². The summed E-state index contributed by atoms with van der Waals surface area (Å²) in [7, 11) is 0. The molecule has 2 fully saturated rings. The van der Waals surface area contributed by atoms with Crippen LogP contribution < -0.4 is 4.74 Å². The van der Waals surface area contributed by atoms with Crippen molar-refractivity contribution in [2.45, 2.75) is 56.6 Å². The Morgan fingerprint density at radius 3 is 2.33 bits per heavy atom. The van der Waals surface area contributed by atoms with E-state index >= 15 is 0 Å². The Morgan fingerprint density at radius 1 is 1.04 bits per heavy atom. The second-order valence-electron chi connectivity index (χ2n) is 7.49. The minimum atomic E-state index is -1.59. The summed E-state index contributed by atoms with van der Waals surface area (Å²) in [5.74, 6) is 0.365. The van der Waals surface area contributed by atoms with Gasteiger partial charge in [-0.15, -0.1) is 0 Å². The first-order valence-corrected chi connectivity index (χ1v) is 10.8. The third-order valence-corrected chi connectivity index (χ3v) is 7.33. The van der Waals surface area contributed by atoms with Crippen molar-refractivity contribution in [1.82, 2.24) is 0 Å². The van der Waals surface area contributed by atoms with Crippen LogP contribution in [0.3, 0.4) is 0 Å². The SMILES string of the molecule is CCOc1ccc(C2CCC([C@@H]3CCC(C=C(F)F)SC3)CC2)c(F)c1F. The fraction of sp³-hybridized carbons (Fsp3) is 0.619. The maximum atomic E-state index is 14.4. The smallest absolute Gasteiger partial charge is 0.267 e. The van der Waals surface area contributed by atoms with E-state index in [1.807, 2.05) is 0 Å². The molecule has 1 aliphatic heterocycles. The first kappa shape index (κ1) is 20.6. The number of thioether (sulfide) groups is 1. The molecule has 1 aliphatic carbocycles. The van der Waals surface area contributed by atoms with Gasteiger partial charge >= 0.3 is 0 Å². The van der Waals surface area contributed by atoms with Crippen LogP contribution in [0.15, 0.2) is 24.3 Å². The van der Waals surface area contributed by atoms with Gasteiger partial charge in [0.25, 0.3) is 6.08 Å². The van der Waals surface area contributed by atoms with Gasteiger partial charge in [-0.1, -0.05) is 6.07 Å². The average molecular weight is 402 g/mol. The van der Waals surface area contributed by atoms with Crippen LogP contribution in [0.2, 0.25) is 0 Å². The monoisotopic (exact) mass is 402 g/mol. The molecule has 0 N–H and O–H groups in total. The van der Waals surface area contributed by atoms with Crippen LogP contribution in [0.25, 0.3) is 0 Å². The molecule has 1 saturated heterocycles. The van der Waals surface area contributed by atoms with Crippen LogP contribution >= 0.6 is 11.8 Å². The molecule has 1 aromatic rings. The van der Waals surface area contributed by atoms with E-state index in [4.69, 9.17) is 4.74 Å². The lowest BCUT2D eigenvalue weighted by Gasteiger charge is -2.37. The second kappa shape index (κ2) is 9.35. The lowest BCUT2D eigenvalue weighted by molar-refractivity contribution is 0.231. The Kier molecular flexibility index (Phi) is 7.12. The van der Waals surface area contributed by atoms with Gasteiger partial charge in [0.05, 0.1) is 6.61 Å². The van der Waals surface area contributed by atoms with E-state index in [2.05, 4.69) is 0 Å². The second-order valence-corrected chi connectivity index (χ2v) is 8.76. The van der Waals surface area contributed by atoms with Gasteiger partial charge in [0.2, 0.25) is 5.82 Å². The topological polar surface area (TPSA) is 9.23 Å². The lowest BCUT2D eigenvalue weighted by Crippen LogP contribution is -2.27. The number of hydrogen-bond acceptors (Lipinski definition) is 2. The Hall–Kier alpha value is -1.17. The van der Waals surface area contributed by atoms with E-state index < -0.39 is 17.7 Å². The molecule has 2 aliphatic rings. The molecular formula is C21H26F4OS.